The van der Waals surface area contributed by atoms with Crippen LogP contribution in [-0.2, 0) is 4.74 Å². The fraction of sp³-hybridized carbons (Fsp3) is 0.0714. The highest BCUT2D eigenvalue weighted by atomic mass is 16.5. The number of benzene rings is 2. The van der Waals surface area contributed by atoms with Crippen LogP contribution in [0.4, 0.5) is 5.69 Å². The van der Waals surface area contributed by atoms with Gasteiger partial charge in [0.1, 0.15) is 0 Å². The first kappa shape index (κ1) is 14.3. The van der Waals surface area contributed by atoms with Crippen molar-refractivity contribution in [2.45, 2.75) is 0 Å². The fourth-order valence-electron chi connectivity index (χ4n) is 1.92. The van der Waals surface area contributed by atoms with Gasteiger partial charge in [0, 0.05) is 5.39 Å². The van der Waals surface area contributed by atoms with Gasteiger partial charge in [0.25, 0.3) is 0 Å². The topological polar surface area (TPSA) is 129 Å². The number of guanidine groups is 2. The first-order valence-corrected chi connectivity index (χ1v) is 6.06. The van der Waals surface area contributed by atoms with E-state index in [4.69, 9.17) is 21.9 Å². The van der Waals surface area contributed by atoms with E-state index >= 15 is 0 Å². The van der Waals surface area contributed by atoms with Crippen LogP contribution in [-0.4, -0.2) is 25.0 Å². The van der Waals surface area contributed by atoms with Crippen molar-refractivity contribution in [3.63, 3.8) is 0 Å². The highest BCUT2D eigenvalue weighted by molar-refractivity contribution is 6.07. The third-order valence-corrected chi connectivity index (χ3v) is 2.78. The van der Waals surface area contributed by atoms with Gasteiger partial charge in [-0.05, 0) is 11.5 Å². The van der Waals surface area contributed by atoms with Crippen molar-refractivity contribution in [2.75, 3.05) is 7.11 Å². The summed E-state index contributed by atoms with van der Waals surface area (Å²) >= 11 is 0. The van der Waals surface area contributed by atoms with Gasteiger partial charge < -0.3 is 21.9 Å². The zero-order valence-electron chi connectivity index (χ0n) is 11.4. The van der Waals surface area contributed by atoms with Crippen LogP contribution in [0.1, 0.15) is 10.4 Å². The normalized spacial score (nSPS) is 11.2. The molecule has 0 aliphatic carbocycles. The van der Waals surface area contributed by atoms with Crippen molar-refractivity contribution >= 4 is 34.3 Å². The van der Waals surface area contributed by atoms with E-state index in [9.17, 15) is 4.79 Å². The highest BCUT2D eigenvalue weighted by Gasteiger charge is 2.14. The molecule has 0 amide bonds. The van der Waals surface area contributed by atoms with Crippen molar-refractivity contribution in [2.24, 2.45) is 27.2 Å². The van der Waals surface area contributed by atoms with Crippen molar-refractivity contribution in [3.05, 3.63) is 42.0 Å². The Morgan fingerprint density at radius 1 is 1.10 bits per heavy atom. The van der Waals surface area contributed by atoms with Crippen molar-refractivity contribution in [1.29, 1.82) is 0 Å². The monoisotopic (exact) mass is 285 g/mol. The predicted molar refractivity (Wildman–Crippen MR) is 82.4 cm³/mol. The minimum atomic E-state index is -0.517. The van der Waals surface area contributed by atoms with Gasteiger partial charge in [-0.3, -0.25) is 0 Å². The number of rotatable bonds is 2. The molecule has 0 radical (unpaired) electrons. The van der Waals surface area contributed by atoms with Crippen LogP contribution in [0, 0.1) is 0 Å². The Hall–Kier alpha value is -3.09. The molecule has 0 heterocycles. The number of aliphatic imine (C=N–C) groups is 2. The molecule has 2 rings (SSSR count). The lowest BCUT2D eigenvalue weighted by atomic mass is 10.0. The summed E-state index contributed by atoms with van der Waals surface area (Å²) in [6.45, 7) is 0. The summed E-state index contributed by atoms with van der Waals surface area (Å²) in [6, 6.07) is 10.9. The summed E-state index contributed by atoms with van der Waals surface area (Å²) in [5.41, 5.74) is 16.8. The molecule has 21 heavy (non-hydrogen) atoms. The quantitative estimate of drug-likeness (QED) is 0.428. The Bertz CT molecular complexity index is 748. The van der Waals surface area contributed by atoms with Gasteiger partial charge in [-0.2, -0.15) is 4.99 Å². The lowest BCUT2D eigenvalue weighted by Crippen LogP contribution is -2.26. The number of hydrogen-bond acceptors (Lipinski definition) is 3. The minimum Gasteiger partial charge on any atom is -0.465 e. The van der Waals surface area contributed by atoms with Crippen LogP contribution in [0.25, 0.3) is 10.8 Å². The largest absolute Gasteiger partial charge is 0.465 e. The van der Waals surface area contributed by atoms with Crippen LogP contribution < -0.4 is 17.2 Å². The molecule has 0 aromatic heterocycles. The van der Waals surface area contributed by atoms with Gasteiger partial charge in [-0.25, -0.2) is 9.79 Å². The zero-order valence-corrected chi connectivity index (χ0v) is 11.4. The summed E-state index contributed by atoms with van der Waals surface area (Å²) < 4.78 is 4.75. The number of nitrogens with zero attached hydrogens (tertiary/aromatic N) is 2. The number of nitrogens with two attached hydrogens (primary N) is 3. The zero-order chi connectivity index (χ0) is 15.4. The lowest BCUT2D eigenvalue weighted by molar-refractivity contribution is 0.0602. The molecule has 0 aliphatic heterocycles. The number of methoxy groups -OCH3 is 1. The summed E-state index contributed by atoms with van der Waals surface area (Å²) in [4.78, 5) is 19.7. The van der Waals surface area contributed by atoms with Gasteiger partial charge >= 0.3 is 5.97 Å². The molecule has 0 aliphatic rings. The molecule has 0 saturated carbocycles. The predicted octanol–water partition coefficient (Wildman–Crippen LogP) is 0.846. The van der Waals surface area contributed by atoms with Crippen LogP contribution in [0.3, 0.4) is 0 Å². The first-order valence-electron chi connectivity index (χ1n) is 6.06. The minimum absolute atomic E-state index is 0.142. The Labute approximate surface area is 121 Å². The lowest BCUT2D eigenvalue weighted by Gasteiger charge is -2.08. The van der Waals surface area contributed by atoms with E-state index in [-0.39, 0.29) is 17.5 Å². The second-order valence-corrected chi connectivity index (χ2v) is 4.18. The SMILES string of the molecule is COC(=O)c1ccc2ccccc2c1N=C(N)N=C(N)N. The second-order valence-electron chi connectivity index (χ2n) is 4.18. The van der Waals surface area contributed by atoms with Crippen molar-refractivity contribution < 1.29 is 9.53 Å². The molecule has 0 saturated heterocycles. The van der Waals surface area contributed by atoms with Gasteiger partial charge in [-0.15, -0.1) is 0 Å². The molecule has 2 aromatic rings. The van der Waals surface area contributed by atoms with E-state index < -0.39 is 5.97 Å². The van der Waals surface area contributed by atoms with Gasteiger partial charge in [0.05, 0.1) is 18.4 Å². The molecule has 2 aromatic carbocycles. The summed E-state index contributed by atoms with van der Waals surface area (Å²) in [5.74, 6) is -0.871. The number of ether oxygens (including phenoxy) is 1. The number of carbonyl (C=O) groups is 1. The Morgan fingerprint density at radius 3 is 2.48 bits per heavy atom. The van der Waals surface area contributed by atoms with E-state index in [1.807, 2.05) is 24.3 Å². The second kappa shape index (κ2) is 5.91. The standard InChI is InChI=1S/C14H15N5O2/c1-21-12(20)10-7-6-8-4-2-3-5-9(8)11(10)18-14(17)19-13(15)16/h2-7H,1H3,(H6,15,16,17,18,19). The van der Waals surface area contributed by atoms with E-state index in [0.29, 0.717) is 5.69 Å². The van der Waals surface area contributed by atoms with Crippen LogP contribution in [0.15, 0.2) is 46.4 Å². The number of fused-ring (bicyclic) bond motifs is 1. The van der Waals surface area contributed by atoms with Crippen LogP contribution in [0.5, 0.6) is 0 Å². The van der Waals surface area contributed by atoms with Gasteiger partial charge in [-0.1, -0.05) is 30.3 Å². The molecule has 0 bridgehead atoms. The highest BCUT2D eigenvalue weighted by Crippen LogP contribution is 2.30. The maximum atomic E-state index is 11.9. The summed E-state index contributed by atoms with van der Waals surface area (Å²) in [5, 5.41) is 1.65. The maximum absolute atomic E-state index is 11.9. The molecule has 0 spiro atoms. The summed E-state index contributed by atoms with van der Waals surface area (Å²) in [6.07, 6.45) is 0. The molecular formula is C14H15N5O2. The molecule has 6 N–H and O–H groups in total. The molecule has 7 heteroatoms. The number of hydrogen-bond donors (Lipinski definition) is 3. The maximum Gasteiger partial charge on any atom is 0.340 e. The molecular weight excluding hydrogens is 270 g/mol. The van der Waals surface area contributed by atoms with Crippen molar-refractivity contribution in [3.8, 4) is 0 Å². The Morgan fingerprint density at radius 2 is 1.81 bits per heavy atom. The van der Waals surface area contributed by atoms with E-state index in [0.717, 1.165) is 10.8 Å². The fourth-order valence-corrected chi connectivity index (χ4v) is 1.92. The number of carbonyl (C=O) groups excluding carboxylic acids is 1. The Kier molecular flexibility index (Phi) is 4.03. The van der Waals surface area contributed by atoms with Crippen molar-refractivity contribution in [1.82, 2.24) is 0 Å². The smallest absolute Gasteiger partial charge is 0.340 e. The third kappa shape index (κ3) is 3.08. The van der Waals surface area contributed by atoms with Crippen LogP contribution in [0.2, 0.25) is 0 Å². The molecule has 108 valence electrons. The molecule has 0 unspecified atom stereocenters. The molecule has 7 nitrogen and oxygen atoms in total. The third-order valence-electron chi connectivity index (χ3n) is 2.78. The molecule has 0 atom stereocenters. The molecule has 0 fully saturated rings. The van der Waals surface area contributed by atoms with Crippen LogP contribution >= 0.6 is 0 Å². The van der Waals surface area contributed by atoms with Gasteiger partial charge in [0.2, 0.25) is 5.96 Å². The van der Waals surface area contributed by atoms with E-state index in [1.165, 1.54) is 7.11 Å². The Balaban J connectivity index is 2.72. The van der Waals surface area contributed by atoms with E-state index in [1.54, 1.807) is 12.1 Å². The first-order chi connectivity index (χ1) is 10.0. The average Bonchev–Trinajstić information content (AvgIpc) is 2.46. The summed E-state index contributed by atoms with van der Waals surface area (Å²) in [7, 11) is 1.30. The van der Waals surface area contributed by atoms with Gasteiger partial charge in [0.15, 0.2) is 5.96 Å². The van der Waals surface area contributed by atoms with E-state index in [2.05, 4.69) is 9.98 Å². The average molecular weight is 285 g/mol. The number of esters is 1.